The molecule has 0 aromatic heterocycles. The zero-order valence-electron chi connectivity index (χ0n) is 13.2. The molecule has 3 amide bonds. The topological polar surface area (TPSA) is 135 Å². The molecule has 0 aromatic rings. The van der Waals surface area contributed by atoms with Crippen LogP contribution in [0.4, 0.5) is 0 Å². The minimum atomic E-state index is -1.03. The van der Waals surface area contributed by atoms with Crippen LogP contribution in [0.25, 0.3) is 0 Å². The molecule has 1 unspecified atom stereocenters. The molecule has 2 fully saturated rings. The predicted octanol–water partition coefficient (Wildman–Crippen LogP) is -1.74. The number of β-lactam (4-membered cyclic amide) rings is 1. The molecule has 126 valence electrons. The van der Waals surface area contributed by atoms with E-state index in [1.54, 1.807) is 18.7 Å². The third-order valence-electron chi connectivity index (χ3n) is 4.42. The second-order valence-electron chi connectivity index (χ2n) is 6.30. The Hall–Kier alpha value is -1.67. The van der Waals surface area contributed by atoms with Crippen LogP contribution in [0.15, 0.2) is 0 Å². The van der Waals surface area contributed by atoms with Gasteiger partial charge in [0.15, 0.2) is 0 Å². The molecule has 5 N–H and O–H groups in total. The van der Waals surface area contributed by atoms with Gasteiger partial charge in [0.05, 0.1) is 12.6 Å². The van der Waals surface area contributed by atoms with E-state index in [0.717, 1.165) is 6.42 Å². The van der Waals surface area contributed by atoms with E-state index >= 15 is 0 Å². The van der Waals surface area contributed by atoms with Crippen LogP contribution in [0.2, 0.25) is 0 Å². The van der Waals surface area contributed by atoms with E-state index in [0.29, 0.717) is 13.0 Å². The fourth-order valence-electron chi connectivity index (χ4n) is 3.37. The number of likely N-dealkylation sites (tertiary alicyclic amines) is 2. The average Bonchev–Trinajstić information content (AvgIpc) is 2.82. The summed E-state index contributed by atoms with van der Waals surface area (Å²) in [6.45, 7) is 5.86. The highest BCUT2D eigenvalue weighted by molar-refractivity contribution is 6.00. The first kappa shape index (κ1) is 18.4. The van der Waals surface area contributed by atoms with Crippen molar-refractivity contribution in [3.8, 4) is 0 Å². The summed E-state index contributed by atoms with van der Waals surface area (Å²) >= 11 is 0. The minimum Gasteiger partial charge on any atom is -0.412 e. The Morgan fingerprint density at radius 1 is 1.32 bits per heavy atom. The lowest BCUT2D eigenvalue weighted by Crippen LogP contribution is -2.77. The van der Waals surface area contributed by atoms with Crippen LogP contribution in [-0.4, -0.2) is 68.9 Å². The van der Waals surface area contributed by atoms with E-state index in [9.17, 15) is 19.5 Å². The van der Waals surface area contributed by atoms with Crippen molar-refractivity contribution in [3.63, 3.8) is 0 Å². The number of nitrogens with zero attached hydrogens (tertiary/aromatic N) is 2. The van der Waals surface area contributed by atoms with Crippen LogP contribution >= 0.6 is 0 Å². The van der Waals surface area contributed by atoms with Gasteiger partial charge < -0.3 is 26.1 Å². The van der Waals surface area contributed by atoms with Gasteiger partial charge in [-0.3, -0.25) is 14.4 Å². The van der Waals surface area contributed by atoms with Gasteiger partial charge in [0, 0.05) is 12.5 Å². The fourth-order valence-corrected chi connectivity index (χ4v) is 3.37. The Labute approximate surface area is 129 Å². The van der Waals surface area contributed by atoms with E-state index in [4.69, 9.17) is 5.73 Å². The molecular weight excluding hydrogens is 290 g/mol. The molecule has 0 saturated carbocycles. The van der Waals surface area contributed by atoms with E-state index in [-0.39, 0.29) is 29.8 Å². The molecule has 1 spiro atoms. The summed E-state index contributed by atoms with van der Waals surface area (Å²) in [7, 11) is 0. The molecule has 0 radical (unpaired) electrons. The molecule has 2 aliphatic rings. The standard InChI is InChI=1S/C14H23N3O4.H2O/c1-8(2)12(20)17-6-4-5-14(17)7-16(13(14)21)10(9(3)18)11(15)19;/h8-10,18H,4-7H2,1-3H3,(H2,15,19);1H2/t9-,10+,14?;/m1./s1. The normalized spacial score (nSPS) is 26.7. The molecule has 3 atom stereocenters. The second kappa shape index (κ2) is 6.21. The van der Waals surface area contributed by atoms with Gasteiger partial charge in [0.2, 0.25) is 11.8 Å². The van der Waals surface area contributed by atoms with Crippen LogP contribution in [-0.2, 0) is 14.4 Å². The zero-order valence-corrected chi connectivity index (χ0v) is 13.2. The Morgan fingerprint density at radius 2 is 1.91 bits per heavy atom. The highest BCUT2D eigenvalue weighted by Crippen LogP contribution is 2.41. The van der Waals surface area contributed by atoms with Crippen molar-refractivity contribution in [1.29, 1.82) is 0 Å². The number of aliphatic hydroxyl groups is 1. The summed E-state index contributed by atoms with van der Waals surface area (Å²) in [5, 5.41) is 9.66. The lowest BCUT2D eigenvalue weighted by molar-refractivity contribution is -0.176. The molecule has 2 heterocycles. The first-order chi connectivity index (χ1) is 9.72. The molecule has 2 rings (SSSR count). The molecule has 8 nitrogen and oxygen atoms in total. The van der Waals surface area contributed by atoms with Crippen LogP contribution in [0.3, 0.4) is 0 Å². The van der Waals surface area contributed by atoms with Crippen LogP contribution in [0.5, 0.6) is 0 Å². The largest absolute Gasteiger partial charge is 0.412 e. The number of carbonyl (C=O) groups is 3. The summed E-state index contributed by atoms with van der Waals surface area (Å²) in [5.74, 6) is -1.23. The van der Waals surface area contributed by atoms with Gasteiger partial charge in [-0.2, -0.15) is 0 Å². The van der Waals surface area contributed by atoms with Crippen molar-refractivity contribution in [2.45, 2.75) is 51.3 Å². The maximum Gasteiger partial charge on any atom is 0.251 e. The number of rotatable bonds is 4. The van der Waals surface area contributed by atoms with Crippen LogP contribution in [0.1, 0.15) is 33.6 Å². The maximum absolute atomic E-state index is 12.6. The monoisotopic (exact) mass is 315 g/mol. The number of nitrogens with two attached hydrogens (primary N) is 1. The Bertz CT molecular complexity index is 479. The van der Waals surface area contributed by atoms with Crippen molar-refractivity contribution >= 4 is 17.7 Å². The molecule has 0 aromatic carbocycles. The Kier molecular flexibility index (Phi) is 5.19. The van der Waals surface area contributed by atoms with Crippen LogP contribution in [0, 0.1) is 5.92 Å². The van der Waals surface area contributed by atoms with Crippen molar-refractivity contribution in [2.24, 2.45) is 11.7 Å². The van der Waals surface area contributed by atoms with Crippen molar-refractivity contribution in [3.05, 3.63) is 0 Å². The van der Waals surface area contributed by atoms with E-state index < -0.39 is 23.6 Å². The quantitative estimate of drug-likeness (QED) is 0.595. The van der Waals surface area contributed by atoms with Crippen molar-refractivity contribution < 1.29 is 25.0 Å². The minimum absolute atomic E-state index is 0. The van der Waals surface area contributed by atoms with E-state index in [2.05, 4.69) is 0 Å². The summed E-state index contributed by atoms with van der Waals surface area (Å²) in [4.78, 5) is 39.2. The van der Waals surface area contributed by atoms with E-state index in [1.807, 2.05) is 0 Å². The molecule has 2 aliphatic heterocycles. The van der Waals surface area contributed by atoms with E-state index in [1.165, 1.54) is 11.8 Å². The smallest absolute Gasteiger partial charge is 0.251 e. The third kappa shape index (κ3) is 2.56. The lowest BCUT2D eigenvalue weighted by atomic mass is 9.83. The van der Waals surface area contributed by atoms with Gasteiger partial charge in [0.25, 0.3) is 5.91 Å². The zero-order chi connectivity index (χ0) is 15.9. The summed E-state index contributed by atoms with van der Waals surface area (Å²) in [6.07, 6.45) is 0.347. The van der Waals surface area contributed by atoms with Crippen molar-refractivity contribution in [2.75, 3.05) is 13.1 Å². The molecule has 2 saturated heterocycles. The van der Waals surface area contributed by atoms with Gasteiger partial charge in [-0.25, -0.2) is 0 Å². The molecule has 0 aliphatic carbocycles. The average molecular weight is 315 g/mol. The molecule has 8 heteroatoms. The fraction of sp³-hybridized carbons (Fsp3) is 0.786. The molecule has 22 heavy (non-hydrogen) atoms. The summed E-state index contributed by atoms with van der Waals surface area (Å²) < 4.78 is 0. The predicted molar refractivity (Wildman–Crippen MR) is 78.5 cm³/mol. The summed E-state index contributed by atoms with van der Waals surface area (Å²) in [6, 6.07) is -1.03. The number of aliphatic hydroxyl groups excluding tert-OH is 1. The van der Waals surface area contributed by atoms with Crippen molar-refractivity contribution in [1.82, 2.24) is 9.80 Å². The summed E-state index contributed by atoms with van der Waals surface area (Å²) in [5.41, 5.74) is 4.44. The van der Waals surface area contributed by atoms with Gasteiger partial charge in [-0.15, -0.1) is 0 Å². The van der Waals surface area contributed by atoms with Gasteiger partial charge in [-0.1, -0.05) is 13.8 Å². The number of hydrogen-bond donors (Lipinski definition) is 2. The lowest BCUT2D eigenvalue weighted by Gasteiger charge is -2.53. The SMILES string of the molecule is CC(C)C(=O)N1CCCC12CN([C@H](C(N)=O)[C@@H](C)O)C2=O.O. The van der Waals surface area contributed by atoms with Gasteiger partial charge >= 0.3 is 0 Å². The number of primary amides is 1. The molecular formula is C14H25N3O5. The number of hydrogen-bond acceptors (Lipinski definition) is 4. The van der Waals surface area contributed by atoms with Crippen LogP contribution < -0.4 is 5.73 Å². The third-order valence-corrected chi connectivity index (χ3v) is 4.42. The second-order valence-corrected chi connectivity index (χ2v) is 6.30. The first-order valence-corrected chi connectivity index (χ1v) is 7.32. The number of amides is 3. The number of carbonyl (C=O) groups excluding carboxylic acids is 3. The van der Waals surface area contributed by atoms with Gasteiger partial charge in [0.1, 0.15) is 11.6 Å². The first-order valence-electron chi connectivity index (χ1n) is 7.32. The highest BCUT2D eigenvalue weighted by atomic mass is 16.3. The highest BCUT2D eigenvalue weighted by Gasteiger charge is 2.62. The molecule has 0 bridgehead atoms. The van der Waals surface area contributed by atoms with Gasteiger partial charge in [-0.05, 0) is 19.8 Å². The maximum atomic E-state index is 12.6. The Balaban J connectivity index is 0.00000242. The Morgan fingerprint density at radius 3 is 2.32 bits per heavy atom.